The van der Waals surface area contributed by atoms with Gasteiger partial charge in [-0.1, -0.05) is 6.92 Å². The van der Waals surface area contributed by atoms with Crippen molar-refractivity contribution in [1.82, 2.24) is 10.2 Å². The maximum Gasteiger partial charge on any atom is 0.255 e. The van der Waals surface area contributed by atoms with E-state index in [9.17, 15) is 4.79 Å². The lowest BCUT2D eigenvalue weighted by Gasteiger charge is -2.35. The summed E-state index contributed by atoms with van der Waals surface area (Å²) >= 11 is 5.76. The fourth-order valence-corrected chi connectivity index (χ4v) is 3.51. The van der Waals surface area contributed by atoms with E-state index in [1.807, 2.05) is 23.1 Å². The van der Waals surface area contributed by atoms with Crippen LogP contribution in [0.3, 0.4) is 0 Å². The van der Waals surface area contributed by atoms with E-state index in [2.05, 4.69) is 50.8 Å². The van der Waals surface area contributed by atoms with E-state index in [0.717, 1.165) is 52.5 Å². The third-order valence-electron chi connectivity index (χ3n) is 3.60. The fraction of sp³-hybridized carbons (Fsp3) is 0.533. The summed E-state index contributed by atoms with van der Waals surface area (Å²) in [6.45, 7) is 4.92. The van der Waals surface area contributed by atoms with E-state index in [4.69, 9.17) is 0 Å². The molecule has 1 unspecified atom stereocenters. The summed E-state index contributed by atoms with van der Waals surface area (Å²) in [4.78, 5) is 14.9. The van der Waals surface area contributed by atoms with E-state index in [1.54, 1.807) is 0 Å². The second-order valence-electron chi connectivity index (χ2n) is 5.12. The normalized spacial score (nSPS) is 18.9. The van der Waals surface area contributed by atoms with Crippen LogP contribution in [0.2, 0.25) is 0 Å². The summed E-state index contributed by atoms with van der Waals surface area (Å²) in [6, 6.07) is 6.25. The first kappa shape index (κ1) is 16.2. The number of hydrogen-bond acceptors (Lipinski definition) is 2. The molecule has 1 aromatic rings. The molecule has 0 aromatic heterocycles. The second kappa shape index (κ2) is 7.75. The van der Waals surface area contributed by atoms with E-state index in [1.165, 1.54) is 0 Å². The summed E-state index contributed by atoms with van der Waals surface area (Å²) in [5.74, 6) is 0.144. The van der Waals surface area contributed by atoms with Gasteiger partial charge in [0.05, 0.1) is 5.56 Å². The van der Waals surface area contributed by atoms with Gasteiger partial charge in [-0.25, -0.2) is 0 Å². The van der Waals surface area contributed by atoms with Crippen molar-refractivity contribution in [3.8, 4) is 0 Å². The Morgan fingerprint density at radius 3 is 3.00 bits per heavy atom. The molecule has 2 rings (SSSR count). The van der Waals surface area contributed by atoms with Crippen LogP contribution < -0.4 is 5.32 Å². The van der Waals surface area contributed by atoms with Crippen molar-refractivity contribution in [1.29, 1.82) is 0 Å². The van der Waals surface area contributed by atoms with Crippen molar-refractivity contribution in [2.24, 2.45) is 0 Å². The van der Waals surface area contributed by atoms with Gasteiger partial charge in [0.15, 0.2) is 0 Å². The van der Waals surface area contributed by atoms with Gasteiger partial charge in [0, 0.05) is 27.2 Å². The first-order valence-electron chi connectivity index (χ1n) is 7.10. The van der Waals surface area contributed by atoms with Gasteiger partial charge >= 0.3 is 0 Å². The number of hydrogen-bond donors (Lipinski definition) is 1. The molecule has 1 amide bonds. The van der Waals surface area contributed by atoms with Crippen LogP contribution in [-0.2, 0) is 0 Å². The van der Waals surface area contributed by atoms with Crippen LogP contribution in [0, 0.1) is 3.57 Å². The molecule has 1 aromatic carbocycles. The van der Waals surface area contributed by atoms with Crippen molar-refractivity contribution in [2.75, 3.05) is 19.6 Å². The Kier molecular flexibility index (Phi) is 6.29. The van der Waals surface area contributed by atoms with E-state index < -0.39 is 0 Å². The maximum absolute atomic E-state index is 12.9. The summed E-state index contributed by atoms with van der Waals surface area (Å²) in [6.07, 6.45) is 3.23. The third-order valence-corrected chi connectivity index (χ3v) is 4.96. The number of nitrogens with zero attached hydrogens (tertiary/aromatic N) is 1. The highest BCUT2D eigenvalue weighted by Crippen LogP contribution is 2.23. The number of carbonyl (C=O) groups is 1. The molecule has 0 spiro atoms. The molecule has 1 atom stereocenters. The molecule has 1 heterocycles. The molecule has 1 saturated heterocycles. The SMILES string of the molecule is CCCN(C(=O)c1cc(I)ccc1Br)C1CCCNC1. The summed E-state index contributed by atoms with van der Waals surface area (Å²) in [7, 11) is 0. The van der Waals surface area contributed by atoms with Gasteiger partial charge in [0.25, 0.3) is 5.91 Å². The third kappa shape index (κ3) is 3.95. The molecule has 20 heavy (non-hydrogen) atoms. The smallest absolute Gasteiger partial charge is 0.255 e. The van der Waals surface area contributed by atoms with Gasteiger partial charge in [-0.3, -0.25) is 4.79 Å². The number of nitrogens with one attached hydrogen (secondary N) is 1. The topological polar surface area (TPSA) is 32.3 Å². The van der Waals surface area contributed by atoms with Gasteiger partial charge in [-0.15, -0.1) is 0 Å². The molecule has 5 heteroatoms. The van der Waals surface area contributed by atoms with Crippen molar-refractivity contribution >= 4 is 44.4 Å². The van der Waals surface area contributed by atoms with Crippen molar-refractivity contribution in [2.45, 2.75) is 32.2 Å². The Labute approximate surface area is 142 Å². The number of rotatable bonds is 4. The molecule has 1 N–H and O–H groups in total. The van der Waals surface area contributed by atoms with Gasteiger partial charge in [-0.05, 0) is 82.5 Å². The zero-order valence-corrected chi connectivity index (χ0v) is 15.4. The number of amides is 1. The molecule has 0 bridgehead atoms. The van der Waals surface area contributed by atoms with Crippen LogP contribution in [0.25, 0.3) is 0 Å². The number of benzene rings is 1. The Balaban J connectivity index is 2.23. The largest absolute Gasteiger partial charge is 0.334 e. The van der Waals surface area contributed by atoms with E-state index in [0.29, 0.717) is 6.04 Å². The molecule has 1 aliphatic rings. The van der Waals surface area contributed by atoms with Crippen molar-refractivity contribution in [3.63, 3.8) is 0 Å². The van der Waals surface area contributed by atoms with Crippen LogP contribution >= 0.6 is 38.5 Å². The molecule has 110 valence electrons. The Morgan fingerprint density at radius 2 is 2.35 bits per heavy atom. The minimum absolute atomic E-state index is 0.144. The van der Waals surface area contributed by atoms with Gasteiger partial charge in [0.1, 0.15) is 0 Å². The minimum atomic E-state index is 0.144. The average Bonchev–Trinajstić information content (AvgIpc) is 2.47. The van der Waals surface area contributed by atoms with E-state index >= 15 is 0 Å². The van der Waals surface area contributed by atoms with Crippen LogP contribution in [-0.4, -0.2) is 36.5 Å². The molecule has 0 saturated carbocycles. The summed E-state index contributed by atoms with van der Waals surface area (Å²) in [5.41, 5.74) is 0.774. The van der Waals surface area contributed by atoms with Crippen molar-refractivity contribution in [3.05, 3.63) is 31.8 Å². The molecule has 3 nitrogen and oxygen atoms in total. The molecular formula is C15H20BrIN2O. The first-order chi connectivity index (χ1) is 9.63. The Hall–Kier alpha value is -0.140. The van der Waals surface area contributed by atoms with Gasteiger partial charge in [0.2, 0.25) is 0 Å². The highest BCUT2D eigenvalue weighted by atomic mass is 127. The zero-order chi connectivity index (χ0) is 14.5. The lowest BCUT2D eigenvalue weighted by Crippen LogP contribution is -2.49. The Bertz CT molecular complexity index is 475. The highest BCUT2D eigenvalue weighted by molar-refractivity contribution is 14.1. The molecular weight excluding hydrogens is 431 g/mol. The highest BCUT2D eigenvalue weighted by Gasteiger charge is 2.26. The monoisotopic (exact) mass is 450 g/mol. The zero-order valence-electron chi connectivity index (χ0n) is 11.7. The Morgan fingerprint density at radius 1 is 1.55 bits per heavy atom. The quantitative estimate of drug-likeness (QED) is 0.710. The lowest BCUT2D eigenvalue weighted by molar-refractivity contribution is 0.0648. The average molecular weight is 451 g/mol. The van der Waals surface area contributed by atoms with Gasteiger partial charge < -0.3 is 10.2 Å². The van der Waals surface area contributed by atoms with E-state index in [-0.39, 0.29) is 5.91 Å². The number of halogens is 2. The predicted octanol–water partition coefficient (Wildman–Crippen LogP) is 3.66. The number of carbonyl (C=O) groups excluding carboxylic acids is 1. The molecule has 0 radical (unpaired) electrons. The van der Waals surface area contributed by atoms with Crippen LogP contribution in [0.15, 0.2) is 22.7 Å². The second-order valence-corrected chi connectivity index (χ2v) is 7.22. The van der Waals surface area contributed by atoms with Crippen LogP contribution in [0.5, 0.6) is 0 Å². The first-order valence-corrected chi connectivity index (χ1v) is 8.97. The van der Waals surface area contributed by atoms with Crippen molar-refractivity contribution < 1.29 is 4.79 Å². The predicted molar refractivity (Wildman–Crippen MR) is 94.1 cm³/mol. The summed E-state index contributed by atoms with van der Waals surface area (Å²) < 4.78 is 1.97. The molecule has 1 fully saturated rings. The van der Waals surface area contributed by atoms with Crippen LogP contribution in [0.1, 0.15) is 36.5 Å². The van der Waals surface area contributed by atoms with Crippen LogP contribution in [0.4, 0.5) is 0 Å². The number of piperidine rings is 1. The molecule has 1 aliphatic heterocycles. The fourth-order valence-electron chi connectivity index (χ4n) is 2.61. The minimum Gasteiger partial charge on any atom is -0.334 e. The lowest BCUT2D eigenvalue weighted by atomic mass is 10.0. The standard InChI is InChI=1S/C15H20BrIN2O/c1-2-8-19(12-4-3-7-18-10-12)15(20)13-9-11(17)5-6-14(13)16/h5-6,9,12,18H,2-4,7-8,10H2,1H3. The summed E-state index contributed by atoms with van der Waals surface area (Å²) in [5, 5.41) is 3.40. The molecule has 0 aliphatic carbocycles. The maximum atomic E-state index is 12.9. The van der Waals surface area contributed by atoms with Gasteiger partial charge in [-0.2, -0.15) is 0 Å².